The number of hydrogen-bond donors (Lipinski definition) is 2. The van der Waals surface area contributed by atoms with E-state index in [9.17, 15) is 19.8 Å². The third-order valence-corrected chi connectivity index (χ3v) is 5.83. The molecule has 0 amide bonds. The van der Waals surface area contributed by atoms with E-state index in [4.69, 9.17) is 14.5 Å². The van der Waals surface area contributed by atoms with E-state index in [2.05, 4.69) is 0 Å². The number of benzene rings is 1. The summed E-state index contributed by atoms with van der Waals surface area (Å²) in [4.78, 5) is 29.6. The van der Waals surface area contributed by atoms with Gasteiger partial charge in [-0.05, 0) is 37.1 Å². The molecule has 0 saturated heterocycles. The van der Waals surface area contributed by atoms with Gasteiger partial charge in [-0.2, -0.15) is 0 Å². The Balaban J connectivity index is 0.00000119. The van der Waals surface area contributed by atoms with Crippen molar-refractivity contribution >= 4 is 16.9 Å². The fourth-order valence-corrected chi connectivity index (χ4v) is 4.34. The topological polar surface area (TPSA) is 111 Å². The molecule has 0 saturated carbocycles. The van der Waals surface area contributed by atoms with E-state index >= 15 is 0 Å². The van der Waals surface area contributed by atoms with Gasteiger partial charge in [0.2, 0.25) is 0 Å². The first kappa shape index (κ1) is 22.0. The van der Waals surface area contributed by atoms with Crippen LogP contribution in [-0.2, 0) is 29.1 Å². The molecule has 0 aliphatic carbocycles. The predicted molar refractivity (Wildman–Crippen MR) is 119 cm³/mol. The summed E-state index contributed by atoms with van der Waals surface area (Å²) < 4.78 is 12.0. The Morgan fingerprint density at radius 1 is 1.25 bits per heavy atom. The van der Waals surface area contributed by atoms with Crippen LogP contribution in [-0.4, -0.2) is 39.5 Å². The van der Waals surface area contributed by atoms with E-state index in [0.717, 1.165) is 27.8 Å². The van der Waals surface area contributed by atoms with Crippen LogP contribution in [0.15, 0.2) is 29.1 Å². The van der Waals surface area contributed by atoms with Crippen LogP contribution < -0.4 is 10.3 Å². The lowest BCUT2D eigenvalue weighted by Gasteiger charge is -2.21. The minimum absolute atomic E-state index is 0.0768. The number of cyclic esters (lactones) is 1. The molecule has 2 aliphatic rings. The van der Waals surface area contributed by atoms with Gasteiger partial charge in [0.15, 0.2) is 6.10 Å². The highest BCUT2D eigenvalue weighted by Crippen LogP contribution is 2.37. The number of nitrogens with zero attached hydrogens (tertiary/aromatic N) is 2. The van der Waals surface area contributed by atoms with Gasteiger partial charge in [0, 0.05) is 28.7 Å². The van der Waals surface area contributed by atoms with Crippen LogP contribution in [0.2, 0.25) is 0 Å². The van der Waals surface area contributed by atoms with E-state index in [0.29, 0.717) is 36.3 Å². The molecule has 168 valence electrons. The van der Waals surface area contributed by atoms with Crippen molar-refractivity contribution in [1.29, 1.82) is 0 Å². The maximum atomic E-state index is 13.0. The molecule has 1 unspecified atom stereocenters. The molecule has 32 heavy (non-hydrogen) atoms. The first-order valence-corrected chi connectivity index (χ1v) is 10.8. The summed E-state index contributed by atoms with van der Waals surface area (Å²) in [6, 6.07) is 7.39. The molecule has 3 aromatic rings. The highest BCUT2D eigenvalue weighted by molar-refractivity contribution is 5.89. The van der Waals surface area contributed by atoms with Gasteiger partial charge in [0.1, 0.15) is 12.4 Å². The van der Waals surface area contributed by atoms with Crippen molar-refractivity contribution in [3.63, 3.8) is 0 Å². The lowest BCUT2D eigenvalue weighted by Crippen LogP contribution is -2.32. The molecule has 8 nitrogen and oxygen atoms in total. The van der Waals surface area contributed by atoms with E-state index in [1.807, 2.05) is 32.0 Å². The monoisotopic (exact) mass is 438 g/mol. The van der Waals surface area contributed by atoms with Gasteiger partial charge in [-0.3, -0.25) is 4.79 Å². The number of fused-ring (bicyclic) bond motifs is 5. The number of aliphatic hydroxyl groups is 2. The Kier molecular flexibility index (Phi) is 5.99. The Morgan fingerprint density at radius 3 is 2.75 bits per heavy atom. The number of esters is 1. The minimum Gasteiger partial charge on any atom is -0.496 e. The van der Waals surface area contributed by atoms with Crippen LogP contribution in [0, 0.1) is 0 Å². The molecule has 8 heteroatoms. The Bertz CT molecular complexity index is 1260. The first-order valence-electron chi connectivity index (χ1n) is 10.8. The SMILES string of the molecule is CC.COc1ccc2nc3c(cc2c1CCCO)Cn1c-3cc2c(c1=O)COC(=O)C2O. The van der Waals surface area contributed by atoms with Gasteiger partial charge in [0.05, 0.1) is 36.1 Å². The van der Waals surface area contributed by atoms with Crippen LogP contribution in [0.4, 0.5) is 0 Å². The number of aliphatic hydroxyl groups excluding tert-OH is 2. The first-order chi connectivity index (χ1) is 15.5. The molecular formula is C24H26N2O6. The van der Waals surface area contributed by atoms with Crippen LogP contribution >= 0.6 is 0 Å². The predicted octanol–water partition coefficient (Wildman–Crippen LogP) is 2.48. The summed E-state index contributed by atoms with van der Waals surface area (Å²) in [5.41, 5.74) is 4.14. The van der Waals surface area contributed by atoms with Gasteiger partial charge in [0.25, 0.3) is 5.56 Å². The van der Waals surface area contributed by atoms with Crippen molar-refractivity contribution in [3.8, 4) is 17.1 Å². The number of methoxy groups -OCH3 is 1. The van der Waals surface area contributed by atoms with E-state index in [1.165, 1.54) is 0 Å². The molecule has 0 radical (unpaired) electrons. The van der Waals surface area contributed by atoms with E-state index < -0.39 is 12.1 Å². The Hall–Kier alpha value is -3.23. The summed E-state index contributed by atoms with van der Waals surface area (Å²) in [6.07, 6.45) is -0.221. The van der Waals surface area contributed by atoms with Crippen molar-refractivity contribution in [2.75, 3.05) is 13.7 Å². The zero-order chi connectivity index (χ0) is 23.0. The molecule has 0 spiro atoms. The molecule has 2 aliphatic heterocycles. The standard InChI is InChI=1S/C22H20N2O6.C2H6/c1-29-18-5-4-16-13(12(18)3-2-6-25)7-11-9-24-17(19(11)23-16)8-14-15(21(24)27)10-30-22(28)20(14)26;1-2/h4-5,7-8,20,25-26H,2-3,6,9-10H2,1H3;1-2H3. The normalized spacial score (nSPS) is 15.9. The number of carbonyl (C=O) groups is 1. The highest BCUT2D eigenvalue weighted by Gasteiger charge is 2.33. The quantitative estimate of drug-likeness (QED) is 0.471. The van der Waals surface area contributed by atoms with Gasteiger partial charge in [-0.15, -0.1) is 0 Å². The molecule has 4 heterocycles. The average Bonchev–Trinajstić information content (AvgIpc) is 3.18. The number of aromatic nitrogens is 2. The van der Waals surface area contributed by atoms with E-state index in [1.54, 1.807) is 17.7 Å². The average molecular weight is 438 g/mol. The Labute approximate surface area is 185 Å². The maximum absolute atomic E-state index is 13.0. The fourth-order valence-electron chi connectivity index (χ4n) is 4.34. The van der Waals surface area contributed by atoms with Crippen molar-refractivity contribution in [3.05, 3.63) is 56.9 Å². The molecule has 2 N–H and O–H groups in total. The van der Waals surface area contributed by atoms with Crippen LogP contribution in [0.3, 0.4) is 0 Å². The molecule has 1 aromatic carbocycles. The number of carbonyl (C=O) groups excluding carboxylic acids is 1. The van der Waals surface area contributed by atoms with Gasteiger partial charge in [-0.1, -0.05) is 13.8 Å². The molecule has 1 atom stereocenters. The second-order valence-corrected chi connectivity index (χ2v) is 7.50. The smallest absolute Gasteiger partial charge is 0.340 e. The van der Waals surface area contributed by atoms with Crippen LogP contribution in [0.25, 0.3) is 22.3 Å². The van der Waals surface area contributed by atoms with Crippen molar-refractivity contribution < 1.29 is 24.5 Å². The zero-order valence-corrected chi connectivity index (χ0v) is 18.3. The highest BCUT2D eigenvalue weighted by atomic mass is 16.5. The molecular weight excluding hydrogens is 412 g/mol. The molecule has 5 rings (SSSR count). The molecule has 0 bridgehead atoms. The fraction of sp³-hybridized carbons (Fsp3) is 0.375. The summed E-state index contributed by atoms with van der Waals surface area (Å²) >= 11 is 0. The number of aryl methyl sites for hydroxylation is 1. The Morgan fingerprint density at radius 2 is 2.03 bits per heavy atom. The van der Waals surface area contributed by atoms with Gasteiger partial charge in [-0.25, -0.2) is 9.78 Å². The summed E-state index contributed by atoms with van der Waals surface area (Å²) in [5.74, 6) is -0.0169. The van der Waals surface area contributed by atoms with E-state index in [-0.39, 0.29) is 24.3 Å². The summed E-state index contributed by atoms with van der Waals surface area (Å²) in [7, 11) is 1.61. The number of ether oxygens (including phenoxy) is 2. The van der Waals surface area contributed by atoms with Crippen molar-refractivity contribution in [2.24, 2.45) is 0 Å². The van der Waals surface area contributed by atoms with Crippen molar-refractivity contribution in [2.45, 2.75) is 45.9 Å². The largest absolute Gasteiger partial charge is 0.496 e. The summed E-state index contributed by atoms with van der Waals surface area (Å²) in [6.45, 7) is 4.28. The third kappa shape index (κ3) is 3.36. The maximum Gasteiger partial charge on any atom is 0.340 e. The number of hydrogen-bond acceptors (Lipinski definition) is 7. The summed E-state index contributed by atoms with van der Waals surface area (Å²) in [5, 5.41) is 20.4. The van der Waals surface area contributed by atoms with Crippen LogP contribution in [0.1, 0.15) is 48.6 Å². The van der Waals surface area contributed by atoms with Gasteiger partial charge >= 0.3 is 5.97 Å². The number of rotatable bonds is 4. The van der Waals surface area contributed by atoms with Crippen LogP contribution in [0.5, 0.6) is 5.75 Å². The van der Waals surface area contributed by atoms with Crippen molar-refractivity contribution in [1.82, 2.24) is 9.55 Å². The molecule has 2 aromatic heterocycles. The lowest BCUT2D eigenvalue weighted by molar-refractivity contribution is -0.157. The van der Waals surface area contributed by atoms with Gasteiger partial charge < -0.3 is 24.3 Å². The number of pyridine rings is 2. The minimum atomic E-state index is -1.47. The third-order valence-electron chi connectivity index (χ3n) is 5.83. The molecule has 0 fully saturated rings. The zero-order valence-electron chi connectivity index (χ0n) is 18.3. The second-order valence-electron chi connectivity index (χ2n) is 7.50. The lowest BCUT2D eigenvalue weighted by atomic mass is 9.99. The second kappa shape index (κ2) is 8.72.